The molecule has 0 heterocycles. The van der Waals surface area contributed by atoms with Crippen molar-refractivity contribution in [1.29, 1.82) is 0 Å². The van der Waals surface area contributed by atoms with Gasteiger partial charge in [-0.1, -0.05) is 62.4 Å². The Morgan fingerprint density at radius 3 is 2.12 bits per heavy atom. The van der Waals surface area contributed by atoms with E-state index in [4.69, 9.17) is 0 Å². The van der Waals surface area contributed by atoms with Crippen molar-refractivity contribution in [3.05, 3.63) is 70.8 Å². The first kappa shape index (κ1) is 19.0. The van der Waals surface area contributed by atoms with Crippen LogP contribution in [-0.4, -0.2) is 24.0 Å². The highest BCUT2D eigenvalue weighted by Gasteiger charge is 2.04. The number of urea groups is 1. The summed E-state index contributed by atoms with van der Waals surface area (Å²) in [4.78, 5) is 14.3. The van der Waals surface area contributed by atoms with Gasteiger partial charge in [-0.2, -0.15) is 0 Å². The summed E-state index contributed by atoms with van der Waals surface area (Å²) in [6.45, 7) is 10.6. The van der Waals surface area contributed by atoms with E-state index in [1.54, 1.807) is 0 Å². The van der Waals surface area contributed by atoms with Crippen molar-refractivity contribution in [3.63, 3.8) is 0 Å². The van der Waals surface area contributed by atoms with Crippen LogP contribution in [0.2, 0.25) is 0 Å². The minimum atomic E-state index is -0.143. The molecule has 0 bridgehead atoms. The number of carbonyl (C=O) groups is 1. The molecule has 0 saturated carbocycles. The molecule has 0 radical (unpaired) electrons. The van der Waals surface area contributed by atoms with Gasteiger partial charge in [0, 0.05) is 19.6 Å². The molecule has 0 atom stereocenters. The fraction of sp³-hybridized carbons (Fsp3) is 0.381. The van der Waals surface area contributed by atoms with E-state index in [2.05, 4.69) is 66.6 Å². The smallest absolute Gasteiger partial charge is 0.315 e. The second-order valence-corrected chi connectivity index (χ2v) is 6.24. The van der Waals surface area contributed by atoms with Crippen molar-refractivity contribution in [1.82, 2.24) is 15.5 Å². The zero-order valence-corrected chi connectivity index (χ0v) is 15.5. The van der Waals surface area contributed by atoms with Crippen LogP contribution in [0.25, 0.3) is 0 Å². The molecule has 4 heteroatoms. The van der Waals surface area contributed by atoms with Crippen molar-refractivity contribution in [2.45, 2.75) is 40.4 Å². The number of aryl methyl sites for hydroxylation is 1. The summed E-state index contributed by atoms with van der Waals surface area (Å²) in [5.41, 5.74) is 4.73. The van der Waals surface area contributed by atoms with Crippen LogP contribution in [0.1, 0.15) is 36.1 Å². The lowest BCUT2D eigenvalue weighted by Gasteiger charge is -2.18. The number of nitrogens with one attached hydrogen (secondary N) is 2. The molecule has 0 aliphatic heterocycles. The van der Waals surface area contributed by atoms with E-state index >= 15 is 0 Å². The van der Waals surface area contributed by atoms with E-state index in [0.717, 1.165) is 30.8 Å². The third-order valence-corrected chi connectivity index (χ3v) is 4.48. The van der Waals surface area contributed by atoms with Crippen LogP contribution < -0.4 is 10.6 Å². The Morgan fingerprint density at radius 2 is 1.48 bits per heavy atom. The average Bonchev–Trinajstić information content (AvgIpc) is 2.64. The van der Waals surface area contributed by atoms with E-state index in [1.807, 2.05) is 18.2 Å². The molecular weight excluding hydrogens is 310 g/mol. The summed E-state index contributed by atoms with van der Waals surface area (Å²) in [5.74, 6) is 0. The number of hydrogen-bond acceptors (Lipinski definition) is 2. The number of carbonyl (C=O) groups excluding carboxylic acids is 1. The molecule has 2 aromatic rings. The first-order valence-corrected chi connectivity index (χ1v) is 8.98. The van der Waals surface area contributed by atoms with Gasteiger partial charge in [0.2, 0.25) is 0 Å². The van der Waals surface area contributed by atoms with Crippen LogP contribution in [0.3, 0.4) is 0 Å². The number of amides is 2. The number of hydrogen-bond donors (Lipinski definition) is 2. The van der Waals surface area contributed by atoms with Gasteiger partial charge in [0.25, 0.3) is 0 Å². The summed E-state index contributed by atoms with van der Waals surface area (Å²) in [6, 6.07) is 16.4. The monoisotopic (exact) mass is 339 g/mol. The highest BCUT2D eigenvalue weighted by Crippen LogP contribution is 2.08. The minimum absolute atomic E-state index is 0.143. The van der Waals surface area contributed by atoms with E-state index < -0.39 is 0 Å². The van der Waals surface area contributed by atoms with Crippen LogP contribution in [-0.2, 0) is 19.6 Å². The molecule has 0 fully saturated rings. The Labute approximate surface area is 151 Å². The maximum Gasteiger partial charge on any atom is 0.315 e. The lowest BCUT2D eigenvalue weighted by Crippen LogP contribution is -2.34. The Hall–Kier alpha value is -2.33. The van der Waals surface area contributed by atoms with E-state index in [1.165, 1.54) is 11.1 Å². The first-order valence-electron chi connectivity index (χ1n) is 8.98. The molecule has 0 spiro atoms. The SMILES string of the molecule is CCN(CC)Cc1ccc(CNC(=O)NCc2ccccc2C)cc1. The van der Waals surface area contributed by atoms with Gasteiger partial charge in [-0.05, 0) is 42.3 Å². The molecule has 25 heavy (non-hydrogen) atoms. The Kier molecular flexibility index (Phi) is 7.48. The van der Waals surface area contributed by atoms with Crippen LogP contribution >= 0.6 is 0 Å². The zero-order valence-electron chi connectivity index (χ0n) is 15.5. The highest BCUT2D eigenvalue weighted by atomic mass is 16.2. The van der Waals surface area contributed by atoms with Crippen molar-refractivity contribution in [3.8, 4) is 0 Å². The van der Waals surface area contributed by atoms with E-state index in [-0.39, 0.29) is 6.03 Å². The largest absolute Gasteiger partial charge is 0.334 e. The second kappa shape index (κ2) is 9.84. The van der Waals surface area contributed by atoms with Gasteiger partial charge in [0.1, 0.15) is 0 Å². The third kappa shape index (κ3) is 6.24. The van der Waals surface area contributed by atoms with E-state index in [0.29, 0.717) is 13.1 Å². The maximum atomic E-state index is 12.0. The Bertz CT molecular complexity index is 663. The maximum absolute atomic E-state index is 12.0. The van der Waals surface area contributed by atoms with Gasteiger partial charge in [0.05, 0.1) is 0 Å². The van der Waals surface area contributed by atoms with Gasteiger partial charge in [-0.25, -0.2) is 4.79 Å². The lowest BCUT2D eigenvalue weighted by atomic mass is 10.1. The molecule has 0 unspecified atom stereocenters. The molecule has 0 aliphatic carbocycles. The van der Waals surface area contributed by atoms with Gasteiger partial charge in [-0.3, -0.25) is 4.90 Å². The fourth-order valence-electron chi connectivity index (χ4n) is 2.70. The molecule has 2 rings (SSSR count). The van der Waals surface area contributed by atoms with Crippen molar-refractivity contribution in [2.75, 3.05) is 13.1 Å². The zero-order chi connectivity index (χ0) is 18.1. The van der Waals surface area contributed by atoms with Crippen LogP contribution in [0.5, 0.6) is 0 Å². The molecule has 4 nitrogen and oxygen atoms in total. The molecule has 2 amide bonds. The Balaban J connectivity index is 1.77. The van der Waals surface area contributed by atoms with Crippen LogP contribution in [0.15, 0.2) is 48.5 Å². The van der Waals surface area contributed by atoms with Crippen LogP contribution in [0, 0.1) is 6.92 Å². The predicted molar refractivity (Wildman–Crippen MR) is 103 cm³/mol. The van der Waals surface area contributed by atoms with Gasteiger partial charge < -0.3 is 10.6 Å². The summed E-state index contributed by atoms with van der Waals surface area (Å²) >= 11 is 0. The number of benzene rings is 2. The van der Waals surface area contributed by atoms with Crippen molar-refractivity contribution in [2.24, 2.45) is 0 Å². The number of rotatable bonds is 8. The number of nitrogens with zero attached hydrogens (tertiary/aromatic N) is 1. The summed E-state index contributed by atoms with van der Waals surface area (Å²) in [6.07, 6.45) is 0. The second-order valence-electron chi connectivity index (χ2n) is 6.24. The quantitative estimate of drug-likeness (QED) is 0.767. The lowest BCUT2D eigenvalue weighted by molar-refractivity contribution is 0.240. The predicted octanol–water partition coefficient (Wildman–Crippen LogP) is 3.84. The standard InChI is InChI=1S/C21H29N3O/c1-4-24(5-2)16-19-12-10-18(11-13-19)14-22-21(25)23-15-20-9-7-6-8-17(20)3/h6-13H,4-5,14-16H2,1-3H3,(H2,22,23,25). The van der Waals surface area contributed by atoms with Crippen LogP contribution in [0.4, 0.5) is 4.79 Å². The molecule has 0 aromatic heterocycles. The van der Waals surface area contributed by atoms with Gasteiger partial charge in [0.15, 0.2) is 0 Å². The third-order valence-electron chi connectivity index (χ3n) is 4.48. The molecular formula is C21H29N3O. The fourth-order valence-corrected chi connectivity index (χ4v) is 2.70. The topological polar surface area (TPSA) is 44.4 Å². The molecule has 2 N–H and O–H groups in total. The Morgan fingerprint density at radius 1 is 0.880 bits per heavy atom. The summed E-state index contributed by atoms with van der Waals surface area (Å²) < 4.78 is 0. The van der Waals surface area contributed by atoms with E-state index in [9.17, 15) is 4.79 Å². The van der Waals surface area contributed by atoms with Crippen molar-refractivity contribution < 1.29 is 4.79 Å². The summed E-state index contributed by atoms with van der Waals surface area (Å²) in [5, 5.41) is 5.82. The van der Waals surface area contributed by atoms with Gasteiger partial charge in [-0.15, -0.1) is 0 Å². The van der Waals surface area contributed by atoms with Crippen molar-refractivity contribution >= 4 is 6.03 Å². The molecule has 134 valence electrons. The normalized spacial score (nSPS) is 10.7. The minimum Gasteiger partial charge on any atom is -0.334 e. The van der Waals surface area contributed by atoms with Gasteiger partial charge >= 0.3 is 6.03 Å². The molecule has 2 aromatic carbocycles. The highest BCUT2D eigenvalue weighted by molar-refractivity contribution is 5.73. The average molecular weight is 339 g/mol. The molecule has 0 aliphatic rings. The summed E-state index contributed by atoms with van der Waals surface area (Å²) in [7, 11) is 0. The molecule has 0 saturated heterocycles. The first-order chi connectivity index (χ1) is 12.1.